The quantitative estimate of drug-likeness (QED) is 0.527. The van der Waals surface area contributed by atoms with Crippen LogP contribution in [-0.4, -0.2) is 40.7 Å². The Bertz CT molecular complexity index is 969. The fraction of sp³-hybridized carbons (Fsp3) is 0.360. The summed E-state index contributed by atoms with van der Waals surface area (Å²) >= 11 is 6.06. The highest BCUT2D eigenvalue weighted by molar-refractivity contribution is 6.30. The Hall–Kier alpha value is -2.50. The van der Waals surface area contributed by atoms with Gasteiger partial charge in [0.05, 0.1) is 18.3 Å². The Balaban J connectivity index is 1.62. The highest BCUT2D eigenvalue weighted by Gasteiger charge is 2.35. The molecule has 1 fully saturated rings. The number of hydrogen-bond acceptors (Lipinski definition) is 3. The molecule has 0 N–H and O–H groups in total. The highest BCUT2D eigenvalue weighted by Crippen LogP contribution is 2.34. The van der Waals surface area contributed by atoms with Crippen LogP contribution in [0.5, 0.6) is 0 Å². The molecule has 2 aliphatic rings. The lowest BCUT2D eigenvalue weighted by atomic mass is 9.98. The van der Waals surface area contributed by atoms with Crippen molar-refractivity contribution in [3.63, 3.8) is 0 Å². The average molecular weight is 440 g/mol. The number of hydrogen-bond donors (Lipinski definition) is 0. The third kappa shape index (κ3) is 4.89. The number of hydrazone groups is 1. The lowest BCUT2D eigenvalue weighted by molar-refractivity contribution is -0.134. The molecule has 0 bridgehead atoms. The number of nitrogens with zero attached hydrogens (tertiary/aromatic N) is 3. The van der Waals surface area contributed by atoms with Gasteiger partial charge in [-0.3, -0.25) is 9.69 Å². The van der Waals surface area contributed by atoms with Crippen molar-refractivity contribution < 1.29 is 9.18 Å². The van der Waals surface area contributed by atoms with Gasteiger partial charge in [-0.1, -0.05) is 60.9 Å². The molecule has 1 atom stereocenters. The molecule has 1 saturated carbocycles. The molecule has 0 radical (unpaired) electrons. The van der Waals surface area contributed by atoms with E-state index < -0.39 is 0 Å². The zero-order valence-corrected chi connectivity index (χ0v) is 18.3. The first-order chi connectivity index (χ1) is 15.1. The van der Waals surface area contributed by atoms with Crippen molar-refractivity contribution in [2.45, 2.75) is 44.2 Å². The molecule has 0 spiro atoms. The Morgan fingerprint density at radius 1 is 1.19 bits per heavy atom. The van der Waals surface area contributed by atoms with E-state index in [2.05, 4.69) is 16.6 Å². The third-order valence-corrected chi connectivity index (χ3v) is 6.40. The first-order valence-electron chi connectivity index (χ1n) is 10.8. The fourth-order valence-electron chi connectivity index (χ4n) is 4.57. The van der Waals surface area contributed by atoms with Gasteiger partial charge in [0, 0.05) is 29.6 Å². The lowest BCUT2D eigenvalue weighted by Gasteiger charge is -2.30. The molecule has 0 aromatic heterocycles. The summed E-state index contributed by atoms with van der Waals surface area (Å²) in [7, 11) is 0. The second kappa shape index (κ2) is 9.75. The summed E-state index contributed by atoms with van der Waals surface area (Å²) in [6.07, 6.45) is 6.90. The minimum atomic E-state index is -0.329. The SMILES string of the molecule is C=CCN(CC(=O)N1N=C(c2ccccc2F)CC1c1ccc(Cl)cc1)C1CCCC1. The van der Waals surface area contributed by atoms with Crippen molar-refractivity contribution in [1.82, 2.24) is 9.91 Å². The van der Waals surface area contributed by atoms with Crippen molar-refractivity contribution >= 4 is 23.2 Å². The minimum Gasteiger partial charge on any atom is -0.288 e. The van der Waals surface area contributed by atoms with E-state index in [4.69, 9.17) is 11.6 Å². The van der Waals surface area contributed by atoms with E-state index in [1.165, 1.54) is 23.9 Å². The maximum absolute atomic E-state index is 14.4. The molecular weight excluding hydrogens is 413 g/mol. The minimum absolute atomic E-state index is 0.0833. The zero-order valence-electron chi connectivity index (χ0n) is 17.5. The first-order valence-corrected chi connectivity index (χ1v) is 11.2. The van der Waals surface area contributed by atoms with Gasteiger partial charge in [0.1, 0.15) is 5.82 Å². The fourth-order valence-corrected chi connectivity index (χ4v) is 4.69. The predicted octanol–water partition coefficient (Wildman–Crippen LogP) is 5.59. The van der Waals surface area contributed by atoms with Gasteiger partial charge in [-0.05, 0) is 36.6 Å². The molecular formula is C25H27ClFN3O. The van der Waals surface area contributed by atoms with E-state index in [0.29, 0.717) is 35.3 Å². The molecule has 1 aliphatic heterocycles. The number of amides is 1. The predicted molar refractivity (Wildman–Crippen MR) is 123 cm³/mol. The van der Waals surface area contributed by atoms with Crippen LogP contribution < -0.4 is 0 Å². The zero-order chi connectivity index (χ0) is 21.8. The van der Waals surface area contributed by atoms with E-state index in [1.54, 1.807) is 18.2 Å². The van der Waals surface area contributed by atoms with Gasteiger partial charge in [0.25, 0.3) is 5.91 Å². The number of halogens is 2. The number of rotatable bonds is 7. The van der Waals surface area contributed by atoms with Gasteiger partial charge in [-0.25, -0.2) is 9.40 Å². The van der Waals surface area contributed by atoms with Gasteiger partial charge in [0.15, 0.2) is 0 Å². The van der Waals surface area contributed by atoms with E-state index in [9.17, 15) is 9.18 Å². The summed E-state index contributed by atoms with van der Waals surface area (Å²) in [6, 6.07) is 14.1. The van der Waals surface area contributed by atoms with Crippen LogP contribution in [0.4, 0.5) is 4.39 Å². The van der Waals surface area contributed by atoms with Crippen LogP contribution in [0.15, 0.2) is 66.3 Å². The Morgan fingerprint density at radius 2 is 1.90 bits per heavy atom. The van der Waals surface area contributed by atoms with Gasteiger partial charge in [-0.2, -0.15) is 5.10 Å². The molecule has 1 amide bonds. The Labute approximate surface area is 188 Å². The third-order valence-electron chi connectivity index (χ3n) is 6.15. The van der Waals surface area contributed by atoms with Crippen molar-refractivity contribution in [3.05, 3.63) is 83.2 Å². The van der Waals surface area contributed by atoms with Crippen molar-refractivity contribution in [1.29, 1.82) is 0 Å². The maximum Gasteiger partial charge on any atom is 0.257 e. The second-order valence-corrected chi connectivity index (χ2v) is 8.63. The topological polar surface area (TPSA) is 35.9 Å². The Morgan fingerprint density at radius 3 is 2.58 bits per heavy atom. The van der Waals surface area contributed by atoms with Gasteiger partial charge in [-0.15, -0.1) is 6.58 Å². The van der Waals surface area contributed by atoms with Gasteiger partial charge < -0.3 is 0 Å². The molecule has 162 valence electrons. The normalized spacial score (nSPS) is 19.1. The molecule has 31 heavy (non-hydrogen) atoms. The highest BCUT2D eigenvalue weighted by atomic mass is 35.5. The summed E-state index contributed by atoms with van der Waals surface area (Å²) in [5.74, 6) is -0.412. The van der Waals surface area contributed by atoms with Crippen molar-refractivity contribution in [2.24, 2.45) is 5.10 Å². The van der Waals surface area contributed by atoms with E-state index >= 15 is 0 Å². The molecule has 6 heteroatoms. The smallest absolute Gasteiger partial charge is 0.257 e. The lowest BCUT2D eigenvalue weighted by Crippen LogP contribution is -2.42. The molecule has 1 aliphatic carbocycles. The van der Waals surface area contributed by atoms with Crippen LogP contribution in [0, 0.1) is 5.82 Å². The van der Waals surface area contributed by atoms with E-state index in [0.717, 1.165) is 18.4 Å². The summed E-state index contributed by atoms with van der Waals surface area (Å²) in [6.45, 7) is 4.80. The van der Waals surface area contributed by atoms with Crippen LogP contribution in [0.3, 0.4) is 0 Å². The maximum atomic E-state index is 14.4. The second-order valence-electron chi connectivity index (χ2n) is 8.19. The standard InChI is InChI=1S/C25H27ClFN3O/c1-2-15-29(20-7-3-4-8-20)17-25(31)30-24(18-11-13-19(26)14-12-18)16-23(28-30)21-9-5-6-10-22(21)27/h2,5-6,9-14,20,24H,1,3-4,7-8,15-17H2. The summed E-state index contributed by atoms with van der Waals surface area (Å²) in [4.78, 5) is 15.6. The van der Waals surface area contributed by atoms with Crippen molar-refractivity contribution in [2.75, 3.05) is 13.1 Å². The largest absolute Gasteiger partial charge is 0.288 e. The molecule has 1 unspecified atom stereocenters. The molecule has 4 nitrogen and oxygen atoms in total. The van der Waals surface area contributed by atoms with Crippen LogP contribution >= 0.6 is 11.6 Å². The van der Waals surface area contributed by atoms with Crippen LogP contribution in [0.1, 0.15) is 49.3 Å². The van der Waals surface area contributed by atoms with Gasteiger partial charge >= 0.3 is 0 Å². The molecule has 2 aromatic rings. The molecule has 4 rings (SSSR count). The molecule has 1 heterocycles. The van der Waals surface area contributed by atoms with Gasteiger partial charge in [0.2, 0.25) is 0 Å². The van der Waals surface area contributed by atoms with Crippen LogP contribution in [0.2, 0.25) is 5.02 Å². The summed E-state index contributed by atoms with van der Waals surface area (Å²) < 4.78 is 14.4. The summed E-state index contributed by atoms with van der Waals surface area (Å²) in [5.41, 5.74) is 1.96. The van der Waals surface area contributed by atoms with Crippen LogP contribution in [0.25, 0.3) is 0 Å². The van der Waals surface area contributed by atoms with Crippen molar-refractivity contribution in [3.8, 4) is 0 Å². The molecule has 0 saturated heterocycles. The number of carbonyl (C=O) groups excluding carboxylic acids is 1. The molecule has 2 aromatic carbocycles. The monoisotopic (exact) mass is 439 g/mol. The van der Waals surface area contributed by atoms with E-state index in [-0.39, 0.29) is 24.3 Å². The number of carbonyl (C=O) groups is 1. The first kappa shape index (κ1) is 21.7. The summed E-state index contributed by atoms with van der Waals surface area (Å²) in [5, 5.41) is 6.78. The van der Waals surface area contributed by atoms with Crippen LogP contribution in [-0.2, 0) is 4.79 Å². The average Bonchev–Trinajstić information content (AvgIpc) is 3.45. The van der Waals surface area contributed by atoms with E-state index in [1.807, 2.05) is 30.3 Å². The Kier molecular flexibility index (Phi) is 6.83. The number of benzene rings is 2.